The van der Waals surface area contributed by atoms with Gasteiger partial charge in [-0.05, 0) is 44.4 Å². The van der Waals surface area contributed by atoms with E-state index >= 15 is 0 Å². The van der Waals surface area contributed by atoms with E-state index in [4.69, 9.17) is 13.7 Å². The van der Waals surface area contributed by atoms with Crippen LogP contribution < -0.4 is 0 Å². The molecule has 1 aliphatic carbocycles. The summed E-state index contributed by atoms with van der Waals surface area (Å²) in [6, 6.07) is 3.72. The molecule has 0 radical (unpaired) electrons. The van der Waals surface area contributed by atoms with E-state index < -0.39 is 0 Å². The van der Waals surface area contributed by atoms with Crippen molar-refractivity contribution in [3.05, 3.63) is 35.9 Å². The molecule has 0 saturated heterocycles. The molecule has 19 heavy (non-hydrogen) atoms. The van der Waals surface area contributed by atoms with E-state index in [1.165, 1.54) is 0 Å². The van der Waals surface area contributed by atoms with Crippen LogP contribution in [0.4, 0.5) is 0 Å². The Morgan fingerprint density at radius 3 is 2.89 bits per heavy atom. The summed E-state index contributed by atoms with van der Waals surface area (Å²) >= 11 is 0. The van der Waals surface area contributed by atoms with Gasteiger partial charge in [0, 0.05) is 12.7 Å². The first kappa shape index (κ1) is 12.2. The van der Waals surface area contributed by atoms with Crippen LogP contribution in [-0.4, -0.2) is 17.3 Å². The fourth-order valence-electron chi connectivity index (χ4n) is 2.23. The Kier molecular flexibility index (Phi) is 2.98. The molecule has 5 heteroatoms. The smallest absolute Gasteiger partial charge is 0.253 e. The van der Waals surface area contributed by atoms with Crippen molar-refractivity contribution in [1.29, 1.82) is 0 Å². The first-order chi connectivity index (χ1) is 9.23. The zero-order chi connectivity index (χ0) is 13.3. The van der Waals surface area contributed by atoms with E-state index in [2.05, 4.69) is 10.1 Å². The number of rotatable bonds is 4. The molecule has 100 valence electrons. The van der Waals surface area contributed by atoms with Crippen molar-refractivity contribution in [2.75, 3.05) is 7.11 Å². The molecule has 3 rings (SSSR count). The van der Waals surface area contributed by atoms with Crippen LogP contribution in [0.2, 0.25) is 0 Å². The fraction of sp³-hybridized carbons (Fsp3) is 0.429. The lowest BCUT2D eigenvalue weighted by Crippen LogP contribution is -2.37. The van der Waals surface area contributed by atoms with Gasteiger partial charge in [-0.15, -0.1) is 0 Å². The van der Waals surface area contributed by atoms with E-state index in [1.807, 2.05) is 25.1 Å². The van der Waals surface area contributed by atoms with Crippen LogP contribution in [0.5, 0.6) is 0 Å². The standard InChI is InChI=1S/C14H16N2O3/c1-10(9-11-5-3-8-18-11)12-15-13(16-19-12)14(17-2)6-4-7-14/h3,5,8-9H,4,6-7H2,1-2H3/b10-9+. The maximum absolute atomic E-state index is 5.54. The molecular weight excluding hydrogens is 244 g/mol. The number of allylic oxidation sites excluding steroid dienone is 1. The maximum atomic E-state index is 5.54. The van der Waals surface area contributed by atoms with Gasteiger partial charge in [0.05, 0.1) is 6.26 Å². The van der Waals surface area contributed by atoms with Crippen LogP contribution in [0.3, 0.4) is 0 Å². The Morgan fingerprint density at radius 2 is 2.32 bits per heavy atom. The Bertz CT molecular complexity index is 574. The summed E-state index contributed by atoms with van der Waals surface area (Å²) < 4.78 is 16.1. The lowest BCUT2D eigenvalue weighted by Gasteiger charge is -2.37. The minimum absolute atomic E-state index is 0.341. The van der Waals surface area contributed by atoms with Gasteiger partial charge >= 0.3 is 0 Å². The lowest BCUT2D eigenvalue weighted by atomic mass is 9.79. The molecule has 5 nitrogen and oxygen atoms in total. The van der Waals surface area contributed by atoms with Crippen molar-refractivity contribution >= 4 is 11.6 Å². The molecule has 0 unspecified atom stereocenters. The number of furan rings is 1. The zero-order valence-corrected chi connectivity index (χ0v) is 11.0. The van der Waals surface area contributed by atoms with Gasteiger partial charge in [0.15, 0.2) is 0 Å². The molecule has 1 saturated carbocycles. The maximum Gasteiger partial charge on any atom is 0.253 e. The second-order valence-electron chi connectivity index (χ2n) is 4.82. The first-order valence-electron chi connectivity index (χ1n) is 6.35. The van der Waals surface area contributed by atoms with Crippen molar-refractivity contribution in [3.8, 4) is 0 Å². The molecule has 2 aromatic rings. The Morgan fingerprint density at radius 1 is 1.47 bits per heavy atom. The van der Waals surface area contributed by atoms with Crippen LogP contribution in [0, 0.1) is 0 Å². The van der Waals surface area contributed by atoms with Gasteiger partial charge in [-0.3, -0.25) is 0 Å². The van der Waals surface area contributed by atoms with E-state index in [9.17, 15) is 0 Å². The largest absolute Gasteiger partial charge is 0.465 e. The molecule has 1 fully saturated rings. The molecule has 0 bridgehead atoms. The predicted octanol–water partition coefficient (Wildman–Crippen LogP) is 3.25. The van der Waals surface area contributed by atoms with Crippen molar-refractivity contribution in [2.24, 2.45) is 0 Å². The summed E-state index contributed by atoms with van der Waals surface area (Å²) in [5.41, 5.74) is 0.534. The fourth-order valence-corrected chi connectivity index (χ4v) is 2.23. The molecule has 0 aliphatic heterocycles. The quantitative estimate of drug-likeness (QED) is 0.844. The summed E-state index contributed by atoms with van der Waals surface area (Å²) in [4.78, 5) is 4.44. The van der Waals surface area contributed by atoms with Crippen molar-refractivity contribution in [2.45, 2.75) is 31.8 Å². The van der Waals surface area contributed by atoms with E-state index in [1.54, 1.807) is 13.4 Å². The van der Waals surface area contributed by atoms with Gasteiger partial charge in [0.2, 0.25) is 5.82 Å². The van der Waals surface area contributed by atoms with Crippen LogP contribution in [0.15, 0.2) is 27.3 Å². The molecule has 1 aliphatic rings. The molecule has 0 amide bonds. The Hall–Kier alpha value is -1.88. The van der Waals surface area contributed by atoms with Gasteiger partial charge < -0.3 is 13.7 Å². The molecule has 2 heterocycles. The van der Waals surface area contributed by atoms with Crippen molar-refractivity contribution in [1.82, 2.24) is 10.1 Å². The number of ether oxygens (including phenoxy) is 1. The van der Waals surface area contributed by atoms with Gasteiger partial charge in [-0.25, -0.2) is 0 Å². The summed E-state index contributed by atoms with van der Waals surface area (Å²) in [5.74, 6) is 1.92. The molecule has 2 aromatic heterocycles. The highest BCUT2D eigenvalue weighted by Gasteiger charge is 2.43. The molecular formula is C14H16N2O3. The summed E-state index contributed by atoms with van der Waals surface area (Å²) in [7, 11) is 1.70. The van der Waals surface area contributed by atoms with Crippen molar-refractivity contribution < 1.29 is 13.7 Å². The number of hydrogen-bond donors (Lipinski definition) is 0. The Balaban J connectivity index is 1.85. The van der Waals surface area contributed by atoms with Crippen LogP contribution in [-0.2, 0) is 10.3 Å². The minimum Gasteiger partial charge on any atom is -0.465 e. The number of aromatic nitrogens is 2. The lowest BCUT2D eigenvalue weighted by molar-refractivity contribution is -0.0858. The van der Waals surface area contributed by atoms with Crippen LogP contribution in [0.1, 0.15) is 43.7 Å². The third kappa shape index (κ3) is 2.10. The van der Waals surface area contributed by atoms with Gasteiger partial charge in [0.25, 0.3) is 5.89 Å². The molecule has 0 aromatic carbocycles. The second kappa shape index (κ2) is 4.66. The average molecular weight is 260 g/mol. The highest BCUT2D eigenvalue weighted by molar-refractivity contribution is 5.74. The van der Waals surface area contributed by atoms with E-state index in [-0.39, 0.29) is 5.60 Å². The van der Waals surface area contributed by atoms with E-state index in [0.29, 0.717) is 11.7 Å². The number of methoxy groups -OCH3 is 1. The molecule has 0 spiro atoms. The van der Waals surface area contributed by atoms with Crippen LogP contribution in [0.25, 0.3) is 11.6 Å². The predicted molar refractivity (Wildman–Crippen MR) is 69.1 cm³/mol. The second-order valence-corrected chi connectivity index (χ2v) is 4.82. The Labute approximate surface area is 111 Å². The third-order valence-electron chi connectivity index (χ3n) is 3.62. The van der Waals surface area contributed by atoms with Gasteiger partial charge in [0.1, 0.15) is 11.4 Å². The van der Waals surface area contributed by atoms with Crippen LogP contribution >= 0.6 is 0 Å². The summed E-state index contributed by atoms with van der Waals surface area (Å²) in [5, 5.41) is 4.05. The zero-order valence-electron chi connectivity index (χ0n) is 11.0. The van der Waals surface area contributed by atoms with Gasteiger partial charge in [-0.1, -0.05) is 5.16 Å². The van der Waals surface area contributed by atoms with Crippen molar-refractivity contribution in [3.63, 3.8) is 0 Å². The molecule has 0 atom stereocenters. The highest BCUT2D eigenvalue weighted by atomic mass is 16.5. The highest BCUT2D eigenvalue weighted by Crippen LogP contribution is 2.42. The molecule has 0 N–H and O–H groups in total. The SMILES string of the molecule is COC1(c2noc(/C(C)=C/c3ccco3)n2)CCC1. The summed E-state index contributed by atoms with van der Waals surface area (Å²) in [6.45, 7) is 1.92. The normalized spacial score (nSPS) is 18.3. The minimum atomic E-state index is -0.341. The van der Waals surface area contributed by atoms with E-state index in [0.717, 1.165) is 30.6 Å². The first-order valence-corrected chi connectivity index (χ1v) is 6.35. The third-order valence-corrected chi connectivity index (χ3v) is 3.62. The van der Waals surface area contributed by atoms with Gasteiger partial charge in [-0.2, -0.15) is 4.98 Å². The number of hydrogen-bond acceptors (Lipinski definition) is 5. The monoisotopic (exact) mass is 260 g/mol. The number of nitrogens with zero attached hydrogens (tertiary/aromatic N) is 2. The topological polar surface area (TPSA) is 61.3 Å². The summed E-state index contributed by atoms with van der Waals surface area (Å²) in [6.07, 6.45) is 6.54. The average Bonchev–Trinajstić information content (AvgIpc) is 2.99.